The van der Waals surface area contributed by atoms with E-state index in [1.54, 1.807) is 0 Å². The van der Waals surface area contributed by atoms with Gasteiger partial charge in [0.15, 0.2) is 0 Å². The third kappa shape index (κ3) is 8.82. The summed E-state index contributed by atoms with van der Waals surface area (Å²) in [7, 11) is 0. The summed E-state index contributed by atoms with van der Waals surface area (Å²) in [5.41, 5.74) is 0. The molecule has 0 spiro atoms. The van der Waals surface area contributed by atoms with Crippen molar-refractivity contribution in [2.75, 3.05) is 0 Å². The van der Waals surface area contributed by atoms with Crippen molar-refractivity contribution in [2.24, 2.45) is 0 Å². The summed E-state index contributed by atoms with van der Waals surface area (Å²) in [4.78, 5) is 0. The molecule has 0 aromatic heterocycles. The van der Waals surface area contributed by atoms with Crippen LogP contribution in [0.4, 0.5) is 0 Å². The Morgan fingerprint density at radius 1 is 1.00 bits per heavy atom. The van der Waals surface area contributed by atoms with Crippen LogP contribution in [0.2, 0.25) is 0 Å². The largest absolute Gasteiger partial charge is 2.00 e. The monoisotopic (exact) mass is 301 g/mol. The first kappa shape index (κ1) is 30.3. The van der Waals surface area contributed by atoms with Crippen molar-refractivity contribution in [3.8, 4) is 0 Å². The van der Waals surface area contributed by atoms with E-state index in [2.05, 4.69) is 0 Å². The molecule has 0 unspecified atom stereocenters. The molecule has 0 amide bonds. The number of rotatable bonds is 0. The maximum absolute atomic E-state index is 0. The summed E-state index contributed by atoms with van der Waals surface area (Å²) in [5, 5.41) is 0. The van der Waals surface area contributed by atoms with E-state index in [-0.39, 0.29) is 90.1 Å². The van der Waals surface area contributed by atoms with Crippen molar-refractivity contribution in [1.82, 2.24) is 0 Å². The van der Waals surface area contributed by atoms with Crippen molar-refractivity contribution in [3.63, 3.8) is 0 Å². The van der Waals surface area contributed by atoms with Crippen LogP contribution >= 0.6 is 0 Å². The quantitative estimate of drug-likeness (QED) is 0.403. The minimum Gasteiger partial charge on any atom is -2.00 e. The standard InChI is InChI=1S/Ba.FH.Se.Zn/h;1H;;/q+2;;-2;+2/p-1. The molecule has 0 aliphatic rings. The van der Waals surface area contributed by atoms with Gasteiger partial charge in [0, 0.05) is 0 Å². The van der Waals surface area contributed by atoms with Gasteiger partial charge in [0.05, 0.1) is 0 Å². The zero-order valence-corrected chi connectivity index (χ0v) is 11.3. The van der Waals surface area contributed by atoms with E-state index in [0.717, 1.165) is 0 Å². The molecule has 0 aromatic rings. The van der Waals surface area contributed by atoms with E-state index >= 15 is 0 Å². The van der Waals surface area contributed by atoms with Crippen LogP contribution in [-0.4, -0.2) is 65.9 Å². The summed E-state index contributed by atoms with van der Waals surface area (Å²) < 4.78 is 0. The van der Waals surface area contributed by atoms with Crippen LogP contribution < -0.4 is 4.70 Å². The summed E-state index contributed by atoms with van der Waals surface area (Å²) in [6.07, 6.45) is 0. The first-order chi connectivity index (χ1) is 0. The van der Waals surface area contributed by atoms with E-state index < -0.39 is 0 Å². The molecular weight excluding hydrogens is 301 g/mol. The predicted octanol–water partition coefficient (Wildman–Crippen LogP) is -3.76. The molecule has 0 nitrogen and oxygen atoms in total. The summed E-state index contributed by atoms with van der Waals surface area (Å²) in [6, 6.07) is 0. The van der Waals surface area contributed by atoms with Gasteiger partial charge in [-0.05, 0) is 0 Å². The zero-order valence-electron chi connectivity index (χ0n) is 2.20. The summed E-state index contributed by atoms with van der Waals surface area (Å²) in [5.74, 6) is 0. The fourth-order valence-corrected chi connectivity index (χ4v) is 0. The fraction of sp³-hybridized carbons (Fsp3) is 0. The molecular formula is BaFSeZn+. The molecule has 0 saturated heterocycles. The van der Waals surface area contributed by atoms with Crippen molar-refractivity contribution in [3.05, 3.63) is 0 Å². The van der Waals surface area contributed by atoms with Crippen molar-refractivity contribution < 1.29 is 24.2 Å². The number of halogens is 1. The Morgan fingerprint density at radius 2 is 1.00 bits per heavy atom. The van der Waals surface area contributed by atoms with E-state index in [0.29, 0.717) is 0 Å². The Kier molecular flexibility index (Phi) is 132. The van der Waals surface area contributed by atoms with E-state index in [9.17, 15) is 0 Å². The van der Waals surface area contributed by atoms with Gasteiger partial charge in [-0.1, -0.05) is 0 Å². The molecule has 0 aliphatic carbocycles. The van der Waals surface area contributed by atoms with Crippen LogP contribution in [0.5, 0.6) is 0 Å². The van der Waals surface area contributed by atoms with Crippen molar-refractivity contribution >= 4 is 65.9 Å². The Bertz CT molecular complexity index is 8.00. The molecule has 0 aliphatic heterocycles. The summed E-state index contributed by atoms with van der Waals surface area (Å²) in [6.45, 7) is 0. The Morgan fingerprint density at radius 3 is 1.00 bits per heavy atom. The molecule has 0 heterocycles. The molecule has 0 saturated carbocycles. The maximum atomic E-state index is 0. The third-order valence-corrected chi connectivity index (χ3v) is 0. The second-order valence-electron chi connectivity index (χ2n) is 0. The van der Waals surface area contributed by atoms with Gasteiger partial charge in [0.1, 0.15) is 0 Å². The van der Waals surface area contributed by atoms with Crippen LogP contribution in [0.25, 0.3) is 0 Å². The molecule has 4 heavy (non-hydrogen) atoms. The Hall–Kier alpha value is 2.64. The van der Waals surface area contributed by atoms with E-state index in [4.69, 9.17) is 0 Å². The van der Waals surface area contributed by atoms with E-state index in [1.165, 1.54) is 0 Å². The van der Waals surface area contributed by atoms with Crippen molar-refractivity contribution in [1.29, 1.82) is 0 Å². The molecule has 0 aromatic carbocycles. The van der Waals surface area contributed by atoms with Crippen molar-refractivity contribution in [2.45, 2.75) is 0 Å². The molecule has 0 atom stereocenters. The van der Waals surface area contributed by atoms with E-state index in [1.807, 2.05) is 0 Å². The molecule has 0 bridgehead atoms. The zero-order chi connectivity index (χ0) is 0. The van der Waals surface area contributed by atoms with Gasteiger partial charge in [-0.2, -0.15) is 0 Å². The molecule has 0 radical (unpaired) electrons. The minimum absolute atomic E-state index is 0. The molecule has 0 fully saturated rings. The molecule has 0 rings (SSSR count). The van der Waals surface area contributed by atoms with Crippen LogP contribution in [0.15, 0.2) is 0 Å². The summed E-state index contributed by atoms with van der Waals surface area (Å²) >= 11 is 0. The van der Waals surface area contributed by atoms with Gasteiger partial charge < -0.3 is 21.8 Å². The second-order valence-corrected chi connectivity index (χ2v) is 0. The van der Waals surface area contributed by atoms with Crippen LogP contribution in [0.1, 0.15) is 0 Å². The van der Waals surface area contributed by atoms with Gasteiger partial charge in [0.25, 0.3) is 0 Å². The minimum atomic E-state index is 0. The van der Waals surface area contributed by atoms with Gasteiger partial charge in [-0.3, -0.25) is 0 Å². The fourth-order valence-electron chi connectivity index (χ4n) is 0. The topological polar surface area (TPSA) is 0 Å². The number of hydrogen-bond acceptors (Lipinski definition) is 0. The van der Waals surface area contributed by atoms with Crippen LogP contribution in [0, 0.1) is 0 Å². The third-order valence-electron chi connectivity index (χ3n) is 0. The first-order valence-electron chi connectivity index (χ1n) is 0. The van der Waals surface area contributed by atoms with Gasteiger partial charge in [-0.15, -0.1) is 0 Å². The Balaban J connectivity index is 0. The van der Waals surface area contributed by atoms with Gasteiger partial charge >= 0.3 is 68.4 Å². The average molecular weight is 301 g/mol. The average Bonchev–Trinajstić information content (AvgIpc) is 0. The van der Waals surface area contributed by atoms with Gasteiger partial charge in [0.2, 0.25) is 0 Å². The smallest absolute Gasteiger partial charge is 2.00 e. The predicted molar refractivity (Wildman–Crippen MR) is 11.5 cm³/mol. The molecule has 16 valence electrons. The molecule has 4 heteroatoms. The first-order valence-corrected chi connectivity index (χ1v) is 0. The normalized spacial score (nSPS) is 0. The molecule has 0 N–H and O–H groups in total. The maximum Gasteiger partial charge on any atom is 2.00 e. The van der Waals surface area contributed by atoms with Crippen LogP contribution in [-0.2, 0) is 19.5 Å². The Labute approximate surface area is 88.2 Å². The van der Waals surface area contributed by atoms with Gasteiger partial charge in [-0.25, -0.2) is 0 Å². The number of hydrogen-bond donors (Lipinski definition) is 0. The second kappa shape index (κ2) is 17.4. The van der Waals surface area contributed by atoms with Crippen LogP contribution in [0.3, 0.4) is 0 Å². The SMILES string of the molecule is [Ba+2].[F-].[Se-2].[Zn+2].